The van der Waals surface area contributed by atoms with Crippen LogP contribution >= 0.6 is 0 Å². The topological polar surface area (TPSA) is 67.8 Å². The van der Waals surface area contributed by atoms with E-state index in [2.05, 4.69) is 20.3 Å². The number of pyridine rings is 1. The lowest BCUT2D eigenvalue weighted by Gasteiger charge is -2.14. The summed E-state index contributed by atoms with van der Waals surface area (Å²) >= 11 is 0. The zero-order chi connectivity index (χ0) is 16.9. The molecule has 0 bridgehead atoms. The molecule has 3 rings (SSSR count). The molecule has 1 aromatic carbocycles. The first kappa shape index (κ1) is 15.7. The monoisotopic (exact) mass is 322 g/mol. The maximum atomic E-state index is 13.0. The quantitative estimate of drug-likeness (QED) is 0.726. The first-order valence-corrected chi connectivity index (χ1v) is 7.40. The van der Waals surface area contributed by atoms with Crippen molar-refractivity contribution in [3.63, 3.8) is 0 Å². The van der Waals surface area contributed by atoms with Crippen molar-refractivity contribution in [2.45, 2.75) is 13.0 Å². The average Bonchev–Trinajstić information content (AvgIpc) is 2.63. The van der Waals surface area contributed by atoms with Gasteiger partial charge in [-0.05, 0) is 30.7 Å². The van der Waals surface area contributed by atoms with Crippen molar-refractivity contribution in [3.8, 4) is 11.3 Å². The molecule has 0 saturated carbocycles. The fourth-order valence-electron chi connectivity index (χ4n) is 2.27. The molecule has 0 aliphatic heterocycles. The van der Waals surface area contributed by atoms with E-state index in [1.807, 2.05) is 6.92 Å². The number of anilines is 1. The van der Waals surface area contributed by atoms with Gasteiger partial charge in [0.25, 0.3) is 0 Å². The zero-order valence-electron chi connectivity index (χ0n) is 13.0. The molecular weight excluding hydrogens is 307 g/mol. The summed E-state index contributed by atoms with van der Waals surface area (Å²) in [4.78, 5) is 23.5. The van der Waals surface area contributed by atoms with Gasteiger partial charge in [0.05, 0.1) is 18.1 Å². The van der Waals surface area contributed by atoms with E-state index in [1.54, 1.807) is 36.8 Å². The van der Waals surface area contributed by atoms with Crippen molar-refractivity contribution >= 4 is 12.1 Å². The van der Waals surface area contributed by atoms with Crippen LogP contribution in [0.1, 0.15) is 28.9 Å². The number of carbonyl (C=O) groups excluding carboxylic acids is 1. The summed E-state index contributed by atoms with van der Waals surface area (Å²) in [5.74, 6) is 0.344. The molecule has 1 atom stereocenters. The Labute approximate surface area is 138 Å². The molecule has 2 heterocycles. The van der Waals surface area contributed by atoms with E-state index < -0.39 is 0 Å². The lowest BCUT2D eigenvalue weighted by molar-refractivity contribution is 0.112. The number of nitrogens with zero attached hydrogens (tertiary/aromatic N) is 3. The molecule has 24 heavy (non-hydrogen) atoms. The second-order valence-electron chi connectivity index (χ2n) is 5.33. The standard InChI is InChI=1S/C18H15FN4O/c1-12(14-2-4-16(19)5-3-14)23-18-10-21-17(9-22-18)15-6-13(11-24)7-20-8-15/h2-12H,1H3,(H,22,23). The van der Waals surface area contributed by atoms with Crippen LogP contribution in [0, 0.1) is 5.82 Å². The lowest BCUT2D eigenvalue weighted by atomic mass is 10.1. The highest BCUT2D eigenvalue weighted by Crippen LogP contribution is 2.20. The number of benzene rings is 1. The van der Waals surface area contributed by atoms with Crippen LogP contribution in [0.4, 0.5) is 10.2 Å². The summed E-state index contributed by atoms with van der Waals surface area (Å²) in [6, 6.07) is 7.98. The van der Waals surface area contributed by atoms with Gasteiger partial charge in [0, 0.05) is 29.6 Å². The highest BCUT2D eigenvalue weighted by molar-refractivity contribution is 5.77. The predicted molar refractivity (Wildman–Crippen MR) is 89.1 cm³/mol. The van der Waals surface area contributed by atoms with Crippen molar-refractivity contribution in [2.24, 2.45) is 0 Å². The molecule has 0 spiro atoms. The Balaban J connectivity index is 1.74. The lowest BCUT2D eigenvalue weighted by Crippen LogP contribution is -2.08. The average molecular weight is 322 g/mol. The Morgan fingerprint density at radius 1 is 1.08 bits per heavy atom. The van der Waals surface area contributed by atoms with Crippen LogP contribution in [0.5, 0.6) is 0 Å². The van der Waals surface area contributed by atoms with Crippen LogP contribution in [0.25, 0.3) is 11.3 Å². The number of nitrogens with one attached hydrogen (secondary N) is 1. The molecule has 0 amide bonds. The Bertz CT molecular complexity index is 834. The number of rotatable bonds is 5. The molecule has 2 aromatic heterocycles. The fourth-order valence-corrected chi connectivity index (χ4v) is 2.27. The molecular formula is C18H15FN4O. The molecule has 0 aliphatic rings. The van der Waals surface area contributed by atoms with Gasteiger partial charge in [-0.15, -0.1) is 0 Å². The normalized spacial score (nSPS) is 11.8. The predicted octanol–water partition coefficient (Wildman–Crippen LogP) is 3.66. The summed E-state index contributed by atoms with van der Waals surface area (Å²) in [5, 5.41) is 3.21. The van der Waals surface area contributed by atoms with E-state index >= 15 is 0 Å². The van der Waals surface area contributed by atoms with Gasteiger partial charge in [-0.3, -0.25) is 14.8 Å². The summed E-state index contributed by atoms with van der Waals surface area (Å²) < 4.78 is 13.0. The van der Waals surface area contributed by atoms with E-state index in [1.165, 1.54) is 18.3 Å². The smallest absolute Gasteiger partial charge is 0.151 e. The van der Waals surface area contributed by atoms with Crippen LogP contribution in [0.2, 0.25) is 0 Å². The minimum absolute atomic E-state index is 0.0363. The second kappa shape index (κ2) is 6.95. The second-order valence-corrected chi connectivity index (χ2v) is 5.33. The molecule has 0 fully saturated rings. The summed E-state index contributed by atoms with van der Waals surface area (Å²) in [5.41, 5.74) is 2.79. The molecule has 6 heteroatoms. The third-order valence-corrected chi connectivity index (χ3v) is 3.58. The van der Waals surface area contributed by atoms with Gasteiger partial charge < -0.3 is 5.32 Å². The molecule has 1 unspecified atom stereocenters. The van der Waals surface area contributed by atoms with Gasteiger partial charge in [0.2, 0.25) is 0 Å². The third-order valence-electron chi connectivity index (χ3n) is 3.58. The summed E-state index contributed by atoms with van der Waals surface area (Å²) in [7, 11) is 0. The number of halogens is 1. The van der Waals surface area contributed by atoms with Gasteiger partial charge in [-0.25, -0.2) is 9.37 Å². The molecule has 5 nitrogen and oxygen atoms in total. The van der Waals surface area contributed by atoms with Crippen LogP contribution in [0.3, 0.4) is 0 Å². The minimum Gasteiger partial charge on any atom is -0.362 e. The fraction of sp³-hybridized carbons (Fsp3) is 0.111. The van der Waals surface area contributed by atoms with E-state index in [9.17, 15) is 9.18 Å². The number of aromatic nitrogens is 3. The number of carbonyl (C=O) groups is 1. The number of aldehydes is 1. The first-order valence-electron chi connectivity index (χ1n) is 7.40. The first-order chi connectivity index (χ1) is 11.7. The molecule has 0 saturated heterocycles. The third kappa shape index (κ3) is 3.60. The van der Waals surface area contributed by atoms with Gasteiger partial charge in [-0.1, -0.05) is 12.1 Å². The molecule has 0 radical (unpaired) electrons. The molecule has 3 aromatic rings. The highest BCUT2D eigenvalue weighted by Gasteiger charge is 2.08. The highest BCUT2D eigenvalue weighted by atomic mass is 19.1. The zero-order valence-corrected chi connectivity index (χ0v) is 13.0. The molecule has 120 valence electrons. The maximum Gasteiger partial charge on any atom is 0.151 e. The van der Waals surface area contributed by atoms with E-state index in [0.29, 0.717) is 17.1 Å². The number of hydrogen-bond donors (Lipinski definition) is 1. The molecule has 1 N–H and O–H groups in total. The van der Waals surface area contributed by atoms with Crippen LogP contribution in [-0.2, 0) is 0 Å². The Morgan fingerprint density at radius 2 is 1.88 bits per heavy atom. The van der Waals surface area contributed by atoms with Crippen molar-refractivity contribution in [1.29, 1.82) is 0 Å². The summed E-state index contributed by atoms with van der Waals surface area (Å²) in [6.07, 6.45) is 7.09. The van der Waals surface area contributed by atoms with Crippen LogP contribution < -0.4 is 5.32 Å². The van der Waals surface area contributed by atoms with Gasteiger partial charge in [0.1, 0.15) is 11.6 Å². The van der Waals surface area contributed by atoms with E-state index in [-0.39, 0.29) is 11.9 Å². The van der Waals surface area contributed by atoms with Crippen LogP contribution in [-0.4, -0.2) is 21.2 Å². The van der Waals surface area contributed by atoms with Crippen molar-refractivity contribution < 1.29 is 9.18 Å². The minimum atomic E-state index is -0.263. The Morgan fingerprint density at radius 3 is 2.54 bits per heavy atom. The SMILES string of the molecule is CC(Nc1cnc(-c2cncc(C=O)c2)cn1)c1ccc(F)cc1. The largest absolute Gasteiger partial charge is 0.362 e. The summed E-state index contributed by atoms with van der Waals surface area (Å²) in [6.45, 7) is 1.96. The Hall–Kier alpha value is -3.15. The van der Waals surface area contributed by atoms with Crippen LogP contribution in [0.15, 0.2) is 55.1 Å². The Kier molecular flexibility index (Phi) is 4.56. The maximum absolute atomic E-state index is 13.0. The van der Waals surface area contributed by atoms with Crippen molar-refractivity contribution in [2.75, 3.05) is 5.32 Å². The van der Waals surface area contributed by atoms with Gasteiger partial charge in [0.15, 0.2) is 6.29 Å². The van der Waals surface area contributed by atoms with Crippen molar-refractivity contribution in [1.82, 2.24) is 15.0 Å². The van der Waals surface area contributed by atoms with E-state index in [4.69, 9.17) is 0 Å². The molecule has 0 aliphatic carbocycles. The number of hydrogen-bond acceptors (Lipinski definition) is 5. The van der Waals surface area contributed by atoms with E-state index in [0.717, 1.165) is 17.4 Å². The van der Waals surface area contributed by atoms with Crippen molar-refractivity contribution in [3.05, 3.63) is 72.1 Å². The van der Waals surface area contributed by atoms with Gasteiger partial charge >= 0.3 is 0 Å². The van der Waals surface area contributed by atoms with Gasteiger partial charge in [-0.2, -0.15) is 0 Å².